The number of amides is 1. The highest BCUT2D eigenvalue weighted by Gasteiger charge is 2.40. The highest BCUT2D eigenvalue weighted by Crippen LogP contribution is 2.29. The van der Waals surface area contributed by atoms with E-state index < -0.39 is 18.1 Å². The molecule has 1 unspecified atom stereocenters. The van der Waals surface area contributed by atoms with Crippen LogP contribution in [0.3, 0.4) is 0 Å². The number of hydrogen-bond donors (Lipinski definition) is 1. The minimum Gasteiger partial charge on any atom is -0.448 e. The van der Waals surface area contributed by atoms with Crippen LogP contribution < -0.4 is 5.73 Å². The van der Waals surface area contributed by atoms with Gasteiger partial charge in [-0.2, -0.15) is 0 Å². The lowest BCUT2D eigenvalue weighted by Gasteiger charge is -2.38. The van der Waals surface area contributed by atoms with E-state index in [0.717, 1.165) is 11.1 Å². The predicted octanol–water partition coefficient (Wildman–Crippen LogP) is 2.41. The van der Waals surface area contributed by atoms with Gasteiger partial charge in [0.15, 0.2) is 6.10 Å². The van der Waals surface area contributed by atoms with E-state index >= 15 is 0 Å². The molecule has 2 aromatic carbocycles. The quantitative estimate of drug-likeness (QED) is 0.453. The van der Waals surface area contributed by atoms with E-state index in [0.29, 0.717) is 5.57 Å². The highest BCUT2D eigenvalue weighted by molar-refractivity contribution is 5.99. The van der Waals surface area contributed by atoms with Crippen molar-refractivity contribution in [2.75, 3.05) is 20.3 Å². The van der Waals surface area contributed by atoms with Crippen molar-refractivity contribution in [3.8, 4) is 0 Å². The van der Waals surface area contributed by atoms with Gasteiger partial charge < -0.3 is 20.1 Å². The normalized spacial score (nSPS) is 17.2. The second-order valence-corrected chi connectivity index (χ2v) is 6.72. The number of carbonyl (C=O) groups is 2. The van der Waals surface area contributed by atoms with Gasteiger partial charge in [0, 0.05) is 7.11 Å². The van der Waals surface area contributed by atoms with Crippen molar-refractivity contribution >= 4 is 11.9 Å². The summed E-state index contributed by atoms with van der Waals surface area (Å²) in [5.74, 6) is -0.870. The number of carbonyl (C=O) groups excluding carboxylic acids is 2. The van der Waals surface area contributed by atoms with Crippen molar-refractivity contribution < 1.29 is 19.1 Å². The second kappa shape index (κ2) is 8.82. The molecule has 0 aliphatic carbocycles. The third-order valence-electron chi connectivity index (χ3n) is 4.62. The monoisotopic (exact) mass is 380 g/mol. The summed E-state index contributed by atoms with van der Waals surface area (Å²) in [6.07, 6.45) is -0.592. The number of rotatable bonds is 7. The van der Waals surface area contributed by atoms with Gasteiger partial charge in [0.25, 0.3) is 0 Å². The van der Waals surface area contributed by atoms with Crippen molar-refractivity contribution in [1.82, 2.24) is 4.90 Å². The molecule has 6 heteroatoms. The Bertz CT molecular complexity index is 825. The zero-order valence-electron chi connectivity index (χ0n) is 16.0. The van der Waals surface area contributed by atoms with E-state index in [-0.39, 0.29) is 24.8 Å². The molecule has 1 aliphatic rings. The van der Waals surface area contributed by atoms with Gasteiger partial charge >= 0.3 is 5.97 Å². The molecule has 3 rings (SSSR count). The Balaban J connectivity index is 1.93. The van der Waals surface area contributed by atoms with E-state index in [1.54, 1.807) is 6.92 Å². The smallest absolute Gasteiger partial charge is 0.356 e. The summed E-state index contributed by atoms with van der Waals surface area (Å²) in [7, 11) is 1.53. The first-order valence-electron chi connectivity index (χ1n) is 9.09. The van der Waals surface area contributed by atoms with Gasteiger partial charge in [-0.25, -0.2) is 4.79 Å². The molecule has 1 fully saturated rings. The number of benzene rings is 2. The second-order valence-electron chi connectivity index (χ2n) is 6.72. The maximum absolute atomic E-state index is 13.1. The molecule has 1 aliphatic heterocycles. The molecule has 0 radical (unpaired) electrons. The molecule has 0 aromatic heterocycles. The maximum atomic E-state index is 13.1. The number of ether oxygens (including phenoxy) is 2. The van der Waals surface area contributed by atoms with Crippen LogP contribution in [0.1, 0.15) is 24.2 Å². The van der Waals surface area contributed by atoms with Crippen molar-refractivity contribution in [1.29, 1.82) is 0 Å². The number of esters is 1. The summed E-state index contributed by atoms with van der Waals surface area (Å²) in [6.45, 7) is 2.24. The number of nitrogens with two attached hydrogens (primary N) is 1. The first kappa shape index (κ1) is 19.8. The lowest BCUT2D eigenvalue weighted by Crippen LogP contribution is -2.61. The minimum atomic E-state index is -0.592. The lowest BCUT2D eigenvalue weighted by molar-refractivity contribution is -0.151. The fourth-order valence-electron chi connectivity index (χ4n) is 3.20. The maximum Gasteiger partial charge on any atom is 0.356 e. The van der Waals surface area contributed by atoms with Crippen molar-refractivity contribution in [3.05, 3.63) is 83.1 Å². The summed E-state index contributed by atoms with van der Waals surface area (Å²) in [4.78, 5) is 26.7. The third-order valence-corrected chi connectivity index (χ3v) is 4.62. The molecule has 28 heavy (non-hydrogen) atoms. The molecule has 1 heterocycles. The van der Waals surface area contributed by atoms with Gasteiger partial charge in [0.05, 0.1) is 13.2 Å². The molecule has 0 bridgehead atoms. The molecule has 0 saturated carbocycles. The Kier molecular flexibility index (Phi) is 6.23. The molecule has 2 aromatic rings. The largest absolute Gasteiger partial charge is 0.448 e. The summed E-state index contributed by atoms with van der Waals surface area (Å²) in [6, 6.07) is 18.4. The Labute approximate surface area is 164 Å². The van der Waals surface area contributed by atoms with Crippen LogP contribution in [-0.2, 0) is 19.1 Å². The van der Waals surface area contributed by atoms with Crippen LogP contribution in [-0.4, -0.2) is 43.1 Å². The molecular formula is C22H24N2O4. The number of hydrogen-bond acceptors (Lipinski definition) is 5. The lowest BCUT2D eigenvalue weighted by atomic mass is 10.0. The van der Waals surface area contributed by atoms with Gasteiger partial charge in [-0.1, -0.05) is 60.7 Å². The first-order chi connectivity index (χ1) is 13.5. The summed E-state index contributed by atoms with van der Waals surface area (Å²) in [5.41, 5.74) is 8.22. The van der Waals surface area contributed by atoms with Crippen LogP contribution in [0.15, 0.2) is 71.9 Å². The first-order valence-corrected chi connectivity index (χ1v) is 9.09. The van der Waals surface area contributed by atoms with Crippen molar-refractivity contribution in [2.24, 2.45) is 5.73 Å². The molecule has 1 saturated heterocycles. The number of methoxy groups -OCH3 is 1. The van der Waals surface area contributed by atoms with E-state index in [9.17, 15) is 9.59 Å². The van der Waals surface area contributed by atoms with Crippen LogP contribution in [0.2, 0.25) is 0 Å². The van der Waals surface area contributed by atoms with Crippen LogP contribution in [0.5, 0.6) is 0 Å². The van der Waals surface area contributed by atoms with Gasteiger partial charge in [-0.05, 0) is 23.6 Å². The Morgan fingerprint density at radius 2 is 1.64 bits per heavy atom. The molecule has 6 nitrogen and oxygen atoms in total. The minimum absolute atomic E-state index is 0.199. The molecule has 146 valence electrons. The number of β-lactam (4-membered cyclic amide) rings is 1. The summed E-state index contributed by atoms with van der Waals surface area (Å²) < 4.78 is 11.1. The Morgan fingerprint density at radius 1 is 1.11 bits per heavy atom. The fourth-order valence-corrected chi connectivity index (χ4v) is 3.20. The Hall–Kier alpha value is -2.96. The SMILES string of the molecule is COCC(C)=C(C(=O)OC(c1ccccc1)c1ccccc1)N1CC(N)C1=O. The third kappa shape index (κ3) is 4.13. The van der Waals surface area contributed by atoms with E-state index in [4.69, 9.17) is 15.2 Å². The molecule has 0 spiro atoms. The average Bonchev–Trinajstić information content (AvgIpc) is 2.73. The van der Waals surface area contributed by atoms with Crippen LogP contribution in [0.25, 0.3) is 0 Å². The van der Waals surface area contributed by atoms with E-state index in [2.05, 4.69) is 0 Å². The van der Waals surface area contributed by atoms with E-state index in [1.165, 1.54) is 12.0 Å². The highest BCUT2D eigenvalue weighted by atomic mass is 16.5. The van der Waals surface area contributed by atoms with Gasteiger partial charge in [0.1, 0.15) is 11.7 Å². The van der Waals surface area contributed by atoms with Gasteiger partial charge in [-0.3, -0.25) is 4.79 Å². The van der Waals surface area contributed by atoms with Gasteiger partial charge in [0.2, 0.25) is 5.91 Å². The number of likely N-dealkylation sites (tertiary alicyclic amines) is 1. The van der Waals surface area contributed by atoms with Crippen LogP contribution in [0, 0.1) is 0 Å². The topological polar surface area (TPSA) is 81.9 Å². The number of nitrogens with zero attached hydrogens (tertiary/aromatic N) is 1. The summed E-state index contributed by atoms with van der Waals surface area (Å²) >= 11 is 0. The molecule has 1 atom stereocenters. The molecule has 1 amide bonds. The molecular weight excluding hydrogens is 356 g/mol. The zero-order valence-corrected chi connectivity index (χ0v) is 16.0. The van der Waals surface area contributed by atoms with Crippen molar-refractivity contribution in [2.45, 2.75) is 19.1 Å². The summed E-state index contributed by atoms with van der Waals surface area (Å²) in [5, 5.41) is 0. The van der Waals surface area contributed by atoms with Crippen molar-refractivity contribution in [3.63, 3.8) is 0 Å². The van der Waals surface area contributed by atoms with Crippen LogP contribution >= 0.6 is 0 Å². The van der Waals surface area contributed by atoms with Crippen LogP contribution in [0.4, 0.5) is 0 Å². The molecule has 2 N–H and O–H groups in total. The fraction of sp³-hybridized carbons (Fsp3) is 0.273. The Morgan fingerprint density at radius 3 is 2.07 bits per heavy atom. The van der Waals surface area contributed by atoms with E-state index in [1.807, 2.05) is 60.7 Å². The van der Waals surface area contributed by atoms with Gasteiger partial charge in [-0.15, -0.1) is 0 Å². The average molecular weight is 380 g/mol. The zero-order chi connectivity index (χ0) is 20.1. The standard InChI is InChI=1S/C22H24N2O4/c1-15(14-27-2)19(24-13-18(23)21(24)25)22(26)28-20(16-9-5-3-6-10-16)17-11-7-4-8-12-17/h3-12,18,20H,13-14,23H2,1-2H3. The predicted molar refractivity (Wildman–Crippen MR) is 105 cm³/mol.